The van der Waals surface area contributed by atoms with Crippen molar-refractivity contribution < 1.29 is 14.3 Å². The quantitative estimate of drug-likeness (QED) is 0.622. The first-order valence-electron chi connectivity index (χ1n) is 8.24. The monoisotopic (exact) mass is 418 g/mol. The summed E-state index contributed by atoms with van der Waals surface area (Å²) in [5.41, 5.74) is 1.43. The van der Waals surface area contributed by atoms with Crippen LogP contribution in [0.5, 0.6) is 11.5 Å². The number of nitrogens with zero attached hydrogens (tertiary/aromatic N) is 3. The number of pyridine rings is 3. The Balaban J connectivity index is 1.73. The summed E-state index contributed by atoms with van der Waals surface area (Å²) in [7, 11) is 1.50. The van der Waals surface area contributed by atoms with Gasteiger partial charge in [-0.3, -0.25) is 14.8 Å². The van der Waals surface area contributed by atoms with Crippen LogP contribution in [0, 0.1) is 0 Å². The summed E-state index contributed by atoms with van der Waals surface area (Å²) in [6.45, 7) is 0.384. The predicted molar refractivity (Wildman–Crippen MR) is 106 cm³/mol. The van der Waals surface area contributed by atoms with E-state index in [0.717, 1.165) is 5.56 Å². The van der Waals surface area contributed by atoms with Crippen LogP contribution in [0.1, 0.15) is 16.1 Å². The Morgan fingerprint density at radius 1 is 1.11 bits per heavy atom. The summed E-state index contributed by atoms with van der Waals surface area (Å²) in [5, 5.41) is 3.08. The molecule has 0 atom stereocenters. The van der Waals surface area contributed by atoms with Crippen LogP contribution in [0.3, 0.4) is 0 Å². The van der Waals surface area contributed by atoms with Crippen LogP contribution in [0.2, 0.25) is 10.0 Å². The molecule has 0 aliphatic carbocycles. The van der Waals surface area contributed by atoms with E-state index in [9.17, 15) is 4.79 Å². The fraction of sp³-hybridized carbons (Fsp3) is 0.158. The lowest BCUT2D eigenvalue weighted by molar-refractivity contribution is 0.102. The van der Waals surface area contributed by atoms with E-state index < -0.39 is 5.91 Å². The van der Waals surface area contributed by atoms with Gasteiger partial charge in [0.25, 0.3) is 5.91 Å². The minimum Gasteiger partial charge on any atom is -0.491 e. The lowest BCUT2D eigenvalue weighted by Crippen LogP contribution is -2.15. The summed E-state index contributed by atoms with van der Waals surface area (Å²) >= 11 is 12.1. The number of nitrogens with one attached hydrogen (secondary N) is 1. The van der Waals surface area contributed by atoms with Crippen LogP contribution in [0.15, 0.2) is 49.2 Å². The molecule has 7 nitrogen and oxygen atoms in total. The third-order valence-corrected chi connectivity index (χ3v) is 4.32. The van der Waals surface area contributed by atoms with Gasteiger partial charge in [0.15, 0.2) is 11.5 Å². The van der Waals surface area contributed by atoms with Gasteiger partial charge in [0.1, 0.15) is 5.69 Å². The van der Waals surface area contributed by atoms with Crippen molar-refractivity contribution in [2.45, 2.75) is 6.42 Å². The Morgan fingerprint density at radius 3 is 2.57 bits per heavy atom. The van der Waals surface area contributed by atoms with Crippen LogP contribution in [-0.2, 0) is 6.42 Å². The highest BCUT2D eigenvalue weighted by atomic mass is 35.5. The van der Waals surface area contributed by atoms with Crippen LogP contribution < -0.4 is 14.8 Å². The molecule has 3 rings (SSSR count). The summed E-state index contributed by atoms with van der Waals surface area (Å²) in [4.78, 5) is 24.6. The first-order valence-corrected chi connectivity index (χ1v) is 9.00. The Labute approximate surface area is 171 Å². The Kier molecular flexibility index (Phi) is 6.62. The number of rotatable bonds is 7. The molecule has 0 saturated carbocycles. The van der Waals surface area contributed by atoms with Gasteiger partial charge < -0.3 is 14.8 Å². The number of hydrogen-bond donors (Lipinski definition) is 1. The van der Waals surface area contributed by atoms with Crippen molar-refractivity contribution in [2.75, 3.05) is 19.0 Å². The number of methoxy groups -OCH3 is 1. The van der Waals surface area contributed by atoms with Crippen molar-refractivity contribution in [3.63, 3.8) is 0 Å². The largest absolute Gasteiger partial charge is 0.491 e. The van der Waals surface area contributed by atoms with Gasteiger partial charge in [0, 0.05) is 37.3 Å². The average molecular weight is 419 g/mol. The molecular weight excluding hydrogens is 403 g/mol. The molecule has 144 valence electrons. The predicted octanol–water partition coefficient (Wildman–Crippen LogP) is 4.06. The molecule has 0 aliphatic heterocycles. The normalized spacial score (nSPS) is 10.4. The Bertz CT molecular complexity index is 950. The van der Waals surface area contributed by atoms with E-state index in [1.54, 1.807) is 12.4 Å². The molecule has 9 heteroatoms. The van der Waals surface area contributed by atoms with Crippen molar-refractivity contribution in [3.05, 3.63) is 70.5 Å². The summed E-state index contributed by atoms with van der Waals surface area (Å²) < 4.78 is 11.0. The fourth-order valence-electron chi connectivity index (χ4n) is 2.35. The molecule has 0 aliphatic rings. The van der Waals surface area contributed by atoms with Crippen LogP contribution >= 0.6 is 23.2 Å². The standard InChI is InChI=1S/C19H16Cl2N4O3/c1-27-17-11-24-15(19(26)25-18-13(20)9-23-10-14(18)21)7-16(17)28-6-4-12-3-2-5-22-8-12/h2-3,5,7-11H,4,6H2,1H3,(H,23,25,26). The summed E-state index contributed by atoms with van der Waals surface area (Å²) in [5.74, 6) is 0.330. The topological polar surface area (TPSA) is 86.2 Å². The number of carbonyl (C=O) groups is 1. The molecule has 0 fully saturated rings. The second-order valence-corrected chi connectivity index (χ2v) is 6.43. The highest BCUT2D eigenvalue weighted by Gasteiger charge is 2.16. The molecular formula is C19H16Cl2N4O3. The summed E-state index contributed by atoms with van der Waals surface area (Å²) in [6.07, 6.45) is 8.33. The highest BCUT2D eigenvalue weighted by molar-refractivity contribution is 6.39. The maximum Gasteiger partial charge on any atom is 0.274 e. The van der Waals surface area contributed by atoms with Gasteiger partial charge in [-0.1, -0.05) is 29.3 Å². The molecule has 28 heavy (non-hydrogen) atoms. The average Bonchev–Trinajstić information content (AvgIpc) is 2.71. The molecule has 0 saturated heterocycles. The minimum atomic E-state index is -0.491. The van der Waals surface area contributed by atoms with Crippen LogP contribution in [0.25, 0.3) is 0 Å². The smallest absolute Gasteiger partial charge is 0.274 e. The van der Waals surface area contributed by atoms with E-state index in [2.05, 4.69) is 20.3 Å². The number of aromatic nitrogens is 3. The first-order chi connectivity index (χ1) is 13.6. The minimum absolute atomic E-state index is 0.126. The van der Waals surface area contributed by atoms with Crippen molar-refractivity contribution in [2.24, 2.45) is 0 Å². The number of amides is 1. The van der Waals surface area contributed by atoms with Gasteiger partial charge >= 0.3 is 0 Å². The Morgan fingerprint density at radius 2 is 1.89 bits per heavy atom. The van der Waals surface area contributed by atoms with Crippen molar-refractivity contribution in [1.29, 1.82) is 0 Å². The van der Waals surface area contributed by atoms with Gasteiger partial charge in [0.05, 0.1) is 35.6 Å². The zero-order chi connectivity index (χ0) is 19.9. The van der Waals surface area contributed by atoms with Gasteiger partial charge in [0.2, 0.25) is 0 Å². The highest BCUT2D eigenvalue weighted by Crippen LogP contribution is 2.30. The first kappa shape index (κ1) is 19.9. The second kappa shape index (κ2) is 9.34. The maximum atomic E-state index is 12.5. The van der Waals surface area contributed by atoms with E-state index in [0.29, 0.717) is 24.5 Å². The van der Waals surface area contributed by atoms with E-state index in [-0.39, 0.29) is 21.4 Å². The van der Waals surface area contributed by atoms with Crippen molar-refractivity contribution >= 4 is 34.8 Å². The number of hydrogen-bond acceptors (Lipinski definition) is 6. The third kappa shape index (κ3) is 4.88. The fourth-order valence-corrected chi connectivity index (χ4v) is 2.81. The number of ether oxygens (including phenoxy) is 2. The van der Waals surface area contributed by atoms with Gasteiger partial charge in [-0.15, -0.1) is 0 Å². The van der Waals surface area contributed by atoms with E-state index >= 15 is 0 Å². The van der Waals surface area contributed by atoms with Gasteiger partial charge in [-0.2, -0.15) is 0 Å². The third-order valence-electron chi connectivity index (χ3n) is 3.75. The molecule has 0 aromatic carbocycles. The van der Waals surface area contributed by atoms with Crippen LogP contribution in [0.4, 0.5) is 5.69 Å². The molecule has 1 N–H and O–H groups in total. The van der Waals surface area contributed by atoms with Gasteiger partial charge in [-0.05, 0) is 11.6 Å². The zero-order valence-corrected chi connectivity index (χ0v) is 16.4. The van der Waals surface area contributed by atoms with Crippen molar-refractivity contribution in [3.8, 4) is 11.5 Å². The lowest BCUT2D eigenvalue weighted by Gasteiger charge is -2.12. The molecule has 0 spiro atoms. The van der Waals surface area contributed by atoms with Crippen LogP contribution in [-0.4, -0.2) is 34.6 Å². The van der Waals surface area contributed by atoms with E-state index in [4.69, 9.17) is 32.7 Å². The van der Waals surface area contributed by atoms with E-state index in [1.165, 1.54) is 31.8 Å². The number of carbonyl (C=O) groups excluding carboxylic acids is 1. The lowest BCUT2D eigenvalue weighted by atomic mass is 10.2. The number of halogens is 2. The molecule has 3 aromatic heterocycles. The molecule has 3 heterocycles. The summed E-state index contributed by atoms with van der Waals surface area (Å²) in [6, 6.07) is 5.32. The maximum absolute atomic E-state index is 12.5. The zero-order valence-electron chi connectivity index (χ0n) is 14.9. The second-order valence-electron chi connectivity index (χ2n) is 5.61. The van der Waals surface area contributed by atoms with E-state index in [1.807, 2.05) is 12.1 Å². The van der Waals surface area contributed by atoms with Crippen molar-refractivity contribution in [1.82, 2.24) is 15.0 Å². The molecule has 3 aromatic rings. The van der Waals surface area contributed by atoms with Gasteiger partial charge in [-0.25, -0.2) is 4.98 Å². The molecule has 1 amide bonds. The molecule has 0 radical (unpaired) electrons. The molecule has 0 unspecified atom stereocenters. The Hall–Kier alpha value is -2.90. The molecule has 0 bridgehead atoms. The SMILES string of the molecule is COc1cnc(C(=O)Nc2c(Cl)cncc2Cl)cc1OCCc1cccnc1. The number of anilines is 1.